The zero-order valence-electron chi connectivity index (χ0n) is 15.7. The molecule has 0 spiro atoms. The second-order valence-electron chi connectivity index (χ2n) is 6.55. The molecule has 2 rings (SSSR count). The molecule has 178 valence electrons. The van der Waals surface area contributed by atoms with E-state index in [1.807, 2.05) is 0 Å². The number of hydrogen-bond acceptors (Lipinski definition) is 7. The number of nitrogens with zero attached hydrogens (tertiary/aromatic N) is 1. The van der Waals surface area contributed by atoms with Crippen molar-refractivity contribution in [1.82, 2.24) is 14.6 Å². The largest absolute Gasteiger partial charge is 0.405 e. The number of nitrogens with one attached hydrogen (secondary N) is 2. The van der Waals surface area contributed by atoms with Crippen LogP contribution >= 0.6 is 77.4 Å². The van der Waals surface area contributed by atoms with E-state index in [-0.39, 0.29) is 18.5 Å². The second-order valence-corrected chi connectivity index (χ2v) is 13.4. The first-order valence-electron chi connectivity index (χ1n) is 8.52. The third kappa shape index (κ3) is 8.96. The van der Waals surface area contributed by atoms with E-state index in [0.717, 1.165) is 4.57 Å². The Morgan fingerprint density at radius 2 is 1.77 bits per heavy atom. The Labute approximate surface area is 206 Å². The molecule has 2 heterocycles. The van der Waals surface area contributed by atoms with Crippen molar-refractivity contribution >= 4 is 77.4 Å². The first-order valence-corrected chi connectivity index (χ1v) is 12.3. The molecule has 0 aromatic carbocycles. The highest BCUT2D eigenvalue weighted by Gasteiger charge is 2.39. The summed E-state index contributed by atoms with van der Waals surface area (Å²) in [7, 11) is -4.17. The lowest BCUT2D eigenvalue weighted by atomic mass is 10.2. The first kappa shape index (κ1) is 27.7. The number of alkyl halides is 6. The molecule has 1 fully saturated rings. The molecule has 0 amide bonds. The van der Waals surface area contributed by atoms with Gasteiger partial charge in [0, 0.05) is 24.7 Å². The van der Waals surface area contributed by atoms with E-state index in [9.17, 15) is 19.3 Å². The van der Waals surface area contributed by atoms with Crippen LogP contribution in [0.1, 0.15) is 18.2 Å². The number of halogens is 6. The van der Waals surface area contributed by atoms with Gasteiger partial charge in [0.25, 0.3) is 5.56 Å². The summed E-state index contributed by atoms with van der Waals surface area (Å²) in [6.07, 6.45) is -1.55. The van der Waals surface area contributed by atoms with Crippen molar-refractivity contribution in [1.29, 1.82) is 0 Å². The van der Waals surface area contributed by atoms with Crippen molar-refractivity contribution in [3.63, 3.8) is 0 Å². The van der Waals surface area contributed by atoms with E-state index in [4.69, 9.17) is 83.4 Å². The molecule has 1 aliphatic heterocycles. The minimum atomic E-state index is -4.17. The topological polar surface area (TPSA) is 132 Å². The van der Waals surface area contributed by atoms with E-state index in [0.29, 0.717) is 0 Å². The standard InChI is InChI=1S/C14H18Cl6N3O7P/c1-7-4-23(12(26)22-11(7)25)10-2-8(24)9(30-10)3-21-31(27,28-5-13(15,16)17)29-6-14(18,19)20/h4,8-10,24H,2-3,5-6H2,1H3,(H,21,27)(H,22,25,26)/t8-,9+,10+/m0/s1. The first-order chi connectivity index (χ1) is 14.1. The summed E-state index contributed by atoms with van der Waals surface area (Å²) in [6.45, 7) is 0.0142. The van der Waals surface area contributed by atoms with Crippen molar-refractivity contribution in [2.24, 2.45) is 0 Å². The van der Waals surface area contributed by atoms with Crippen LogP contribution in [0.3, 0.4) is 0 Å². The lowest BCUT2D eigenvalue weighted by molar-refractivity contribution is -0.0180. The smallest absolute Gasteiger partial charge is 0.390 e. The van der Waals surface area contributed by atoms with Gasteiger partial charge in [0.1, 0.15) is 19.4 Å². The highest BCUT2D eigenvalue weighted by Crippen LogP contribution is 2.48. The van der Waals surface area contributed by atoms with Gasteiger partial charge in [-0.2, -0.15) is 0 Å². The summed E-state index contributed by atoms with van der Waals surface area (Å²) in [5, 5.41) is 12.8. The molecular formula is C14H18Cl6N3O7P. The molecule has 1 aliphatic rings. The maximum atomic E-state index is 12.9. The van der Waals surface area contributed by atoms with E-state index < -0.39 is 58.2 Å². The maximum Gasteiger partial charge on any atom is 0.405 e. The minimum absolute atomic E-state index is 0.0199. The monoisotopic (exact) mass is 581 g/mol. The van der Waals surface area contributed by atoms with E-state index in [1.54, 1.807) is 0 Å². The van der Waals surface area contributed by atoms with Gasteiger partial charge in [-0.1, -0.05) is 69.6 Å². The van der Waals surface area contributed by atoms with Crippen LogP contribution in [0.15, 0.2) is 15.8 Å². The van der Waals surface area contributed by atoms with Gasteiger partial charge in [0.15, 0.2) is 0 Å². The fraction of sp³-hybridized carbons (Fsp3) is 0.714. The van der Waals surface area contributed by atoms with Crippen LogP contribution in [0.5, 0.6) is 0 Å². The normalized spacial score (nSPS) is 22.8. The summed E-state index contributed by atoms with van der Waals surface area (Å²) in [5.74, 6) is 0. The fourth-order valence-electron chi connectivity index (χ4n) is 2.52. The number of hydrogen-bond donors (Lipinski definition) is 3. The summed E-state index contributed by atoms with van der Waals surface area (Å²) in [5.41, 5.74) is -0.954. The average Bonchev–Trinajstić information content (AvgIpc) is 2.99. The van der Waals surface area contributed by atoms with Crippen LogP contribution in [0.4, 0.5) is 0 Å². The molecule has 3 atom stereocenters. The van der Waals surface area contributed by atoms with Gasteiger partial charge in [0.05, 0.1) is 12.2 Å². The van der Waals surface area contributed by atoms with Crippen LogP contribution in [-0.4, -0.2) is 54.2 Å². The fourth-order valence-corrected chi connectivity index (χ4v) is 4.69. The van der Waals surface area contributed by atoms with E-state index >= 15 is 0 Å². The van der Waals surface area contributed by atoms with E-state index in [1.165, 1.54) is 13.1 Å². The van der Waals surface area contributed by atoms with Crippen LogP contribution < -0.4 is 16.3 Å². The SMILES string of the molecule is Cc1cn([C@H]2C[C@H](O)[C@@H](CNP(=O)(OCC(Cl)(Cl)Cl)OCC(Cl)(Cl)Cl)O2)c(=O)[nH]c1=O. The van der Waals surface area contributed by atoms with Crippen LogP contribution in [0, 0.1) is 6.92 Å². The van der Waals surface area contributed by atoms with Gasteiger partial charge in [-0.3, -0.25) is 23.4 Å². The molecule has 1 saturated heterocycles. The molecule has 1 aromatic heterocycles. The molecule has 10 nitrogen and oxygen atoms in total. The van der Waals surface area contributed by atoms with E-state index in [2.05, 4.69) is 10.1 Å². The molecule has 0 unspecified atom stereocenters. The number of aliphatic hydroxyl groups is 1. The van der Waals surface area contributed by atoms with Gasteiger partial charge in [-0.05, 0) is 6.92 Å². The quantitative estimate of drug-likeness (QED) is 0.314. The van der Waals surface area contributed by atoms with Gasteiger partial charge in [-0.15, -0.1) is 0 Å². The number of aromatic amines is 1. The predicted octanol–water partition coefficient (Wildman–Crippen LogP) is 2.96. The van der Waals surface area contributed by atoms with Crippen molar-refractivity contribution in [2.75, 3.05) is 19.8 Å². The molecule has 3 N–H and O–H groups in total. The number of aromatic nitrogens is 2. The Kier molecular flexibility index (Phi) is 9.65. The number of aryl methyl sites for hydroxylation is 1. The summed E-state index contributed by atoms with van der Waals surface area (Å²) in [4.78, 5) is 25.7. The summed E-state index contributed by atoms with van der Waals surface area (Å²) in [6, 6.07) is 0. The minimum Gasteiger partial charge on any atom is -0.390 e. The van der Waals surface area contributed by atoms with Gasteiger partial charge >= 0.3 is 13.4 Å². The molecular weight excluding hydrogens is 566 g/mol. The molecule has 31 heavy (non-hydrogen) atoms. The lowest BCUT2D eigenvalue weighted by Gasteiger charge is -2.25. The average molecular weight is 584 g/mol. The number of ether oxygens (including phenoxy) is 1. The van der Waals surface area contributed by atoms with Gasteiger partial charge < -0.3 is 9.84 Å². The Hall–Kier alpha value is 0.450. The number of rotatable bonds is 8. The van der Waals surface area contributed by atoms with Crippen LogP contribution in [0.25, 0.3) is 0 Å². The third-order valence-electron chi connectivity index (χ3n) is 3.94. The number of H-pyrrole nitrogens is 1. The number of aliphatic hydroxyl groups excluding tert-OH is 1. The van der Waals surface area contributed by atoms with Gasteiger partial charge in [0.2, 0.25) is 7.59 Å². The Morgan fingerprint density at radius 3 is 2.29 bits per heavy atom. The zero-order valence-corrected chi connectivity index (χ0v) is 21.1. The molecule has 17 heteroatoms. The van der Waals surface area contributed by atoms with Crippen molar-refractivity contribution in [3.05, 3.63) is 32.6 Å². The predicted molar refractivity (Wildman–Crippen MR) is 119 cm³/mol. The molecule has 0 saturated carbocycles. The molecule has 0 radical (unpaired) electrons. The van der Waals surface area contributed by atoms with Crippen LogP contribution in [-0.2, 0) is 18.3 Å². The highest BCUT2D eigenvalue weighted by molar-refractivity contribution is 7.51. The molecule has 0 aliphatic carbocycles. The summed E-state index contributed by atoms with van der Waals surface area (Å²) < 4.78 is 26.0. The van der Waals surface area contributed by atoms with Crippen LogP contribution in [0.2, 0.25) is 0 Å². The Bertz CT molecular complexity index is 909. The molecule has 0 bridgehead atoms. The molecule has 1 aromatic rings. The van der Waals surface area contributed by atoms with Crippen molar-refractivity contribution in [3.8, 4) is 0 Å². The third-order valence-corrected chi connectivity index (χ3v) is 6.11. The zero-order chi connectivity index (χ0) is 23.6. The van der Waals surface area contributed by atoms with Crippen molar-refractivity contribution in [2.45, 2.75) is 39.4 Å². The maximum absolute atomic E-state index is 12.9. The second kappa shape index (κ2) is 10.8. The summed E-state index contributed by atoms with van der Waals surface area (Å²) >= 11 is 33.6. The Morgan fingerprint density at radius 1 is 1.23 bits per heavy atom. The Balaban J connectivity index is 2.08. The highest BCUT2D eigenvalue weighted by atomic mass is 35.6. The lowest BCUT2D eigenvalue weighted by Crippen LogP contribution is -2.35. The van der Waals surface area contributed by atoms with Gasteiger partial charge in [-0.25, -0.2) is 14.4 Å². The van der Waals surface area contributed by atoms with Crippen molar-refractivity contribution < 1.29 is 23.5 Å².